The van der Waals surface area contributed by atoms with Gasteiger partial charge in [-0.2, -0.15) is 0 Å². The van der Waals surface area contributed by atoms with Gasteiger partial charge < -0.3 is 15.2 Å². The Morgan fingerprint density at radius 1 is 1.35 bits per heavy atom. The summed E-state index contributed by atoms with van der Waals surface area (Å²) in [4.78, 5) is 4.20. The summed E-state index contributed by atoms with van der Waals surface area (Å²) in [6.45, 7) is 0. The molecule has 4 nitrogen and oxygen atoms in total. The summed E-state index contributed by atoms with van der Waals surface area (Å²) in [7, 11) is 1.59. The Morgan fingerprint density at radius 2 is 2.20 bits per heavy atom. The number of ether oxygens (including phenoxy) is 2. The zero-order valence-corrected chi connectivity index (χ0v) is 11.8. The van der Waals surface area contributed by atoms with Gasteiger partial charge in [-0.3, -0.25) is 0 Å². The molecule has 0 radical (unpaired) electrons. The normalized spacial score (nSPS) is 20.9. The van der Waals surface area contributed by atoms with E-state index in [-0.39, 0.29) is 12.1 Å². The number of rotatable bonds is 2. The predicted molar refractivity (Wildman–Crippen MR) is 77.2 cm³/mol. The van der Waals surface area contributed by atoms with Crippen LogP contribution in [0.5, 0.6) is 11.6 Å². The fourth-order valence-corrected chi connectivity index (χ4v) is 2.56. The standard InChI is InChI=1S/C15H15ClN2O2/c1-19-15-5-2-9(8-18-15)14-7-12(17)11-6-10(16)3-4-13(11)20-14/h2-6,8,12,14H,7,17H2,1H3/t12-,14?/m1/s1. The van der Waals surface area contributed by atoms with E-state index in [4.69, 9.17) is 26.8 Å². The van der Waals surface area contributed by atoms with Crippen LogP contribution in [-0.4, -0.2) is 12.1 Å². The molecule has 1 aliphatic heterocycles. The van der Waals surface area contributed by atoms with Crippen LogP contribution in [0.1, 0.15) is 29.7 Å². The molecule has 1 aromatic heterocycles. The fraction of sp³-hybridized carbons (Fsp3) is 0.267. The lowest BCUT2D eigenvalue weighted by atomic mass is 9.94. The summed E-state index contributed by atoms with van der Waals surface area (Å²) in [5.41, 5.74) is 8.16. The third kappa shape index (κ3) is 2.44. The van der Waals surface area contributed by atoms with Crippen molar-refractivity contribution < 1.29 is 9.47 Å². The number of aromatic nitrogens is 1. The van der Waals surface area contributed by atoms with Crippen molar-refractivity contribution in [2.75, 3.05) is 7.11 Å². The lowest BCUT2D eigenvalue weighted by molar-refractivity contribution is 0.161. The van der Waals surface area contributed by atoms with Gasteiger partial charge in [-0.05, 0) is 24.3 Å². The maximum absolute atomic E-state index is 6.22. The van der Waals surface area contributed by atoms with Crippen molar-refractivity contribution in [3.8, 4) is 11.6 Å². The smallest absolute Gasteiger partial charge is 0.212 e. The lowest BCUT2D eigenvalue weighted by Crippen LogP contribution is -2.24. The van der Waals surface area contributed by atoms with E-state index in [1.54, 1.807) is 13.3 Å². The molecule has 1 unspecified atom stereocenters. The molecule has 5 heteroatoms. The van der Waals surface area contributed by atoms with Crippen LogP contribution < -0.4 is 15.2 Å². The van der Waals surface area contributed by atoms with E-state index in [1.165, 1.54) is 0 Å². The van der Waals surface area contributed by atoms with Gasteiger partial charge in [-0.25, -0.2) is 4.98 Å². The number of methoxy groups -OCH3 is 1. The Balaban J connectivity index is 1.88. The molecule has 0 spiro atoms. The Morgan fingerprint density at radius 3 is 2.90 bits per heavy atom. The van der Waals surface area contributed by atoms with Crippen LogP contribution in [0, 0.1) is 0 Å². The number of halogens is 1. The number of pyridine rings is 1. The number of fused-ring (bicyclic) bond motifs is 1. The highest BCUT2D eigenvalue weighted by atomic mass is 35.5. The predicted octanol–water partition coefficient (Wildman–Crippen LogP) is 3.27. The number of nitrogens with two attached hydrogens (primary N) is 1. The first-order chi connectivity index (χ1) is 9.67. The van der Waals surface area contributed by atoms with E-state index < -0.39 is 0 Å². The van der Waals surface area contributed by atoms with Crippen molar-refractivity contribution in [2.24, 2.45) is 5.73 Å². The van der Waals surface area contributed by atoms with Crippen LogP contribution in [-0.2, 0) is 0 Å². The summed E-state index contributed by atoms with van der Waals surface area (Å²) in [6, 6.07) is 9.21. The molecule has 2 aromatic rings. The van der Waals surface area contributed by atoms with Gasteiger partial charge in [0.05, 0.1) is 7.11 Å². The van der Waals surface area contributed by atoms with E-state index in [2.05, 4.69) is 4.98 Å². The van der Waals surface area contributed by atoms with Gasteiger partial charge in [0, 0.05) is 40.9 Å². The van der Waals surface area contributed by atoms with E-state index in [0.717, 1.165) is 16.9 Å². The van der Waals surface area contributed by atoms with Crippen LogP contribution in [0.4, 0.5) is 0 Å². The second kappa shape index (κ2) is 5.31. The van der Waals surface area contributed by atoms with Crippen LogP contribution in [0.2, 0.25) is 5.02 Å². The quantitative estimate of drug-likeness (QED) is 0.922. The molecule has 0 bridgehead atoms. The molecular formula is C15H15ClN2O2. The first-order valence-corrected chi connectivity index (χ1v) is 6.77. The number of hydrogen-bond donors (Lipinski definition) is 1. The topological polar surface area (TPSA) is 57.4 Å². The Hall–Kier alpha value is -1.78. The molecule has 3 rings (SSSR count). The van der Waals surface area contributed by atoms with Gasteiger partial charge in [-0.1, -0.05) is 11.6 Å². The zero-order valence-electron chi connectivity index (χ0n) is 11.0. The first-order valence-electron chi connectivity index (χ1n) is 6.39. The van der Waals surface area contributed by atoms with Gasteiger partial charge in [0.1, 0.15) is 11.9 Å². The average Bonchev–Trinajstić information content (AvgIpc) is 2.48. The largest absolute Gasteiger partial charge is 0.485 e. The van der Waals surface area contributed by atoms with E-state index in [9.17, 15) is 0 Å². The molecule has 1 aliphatic rings. The van der Waals surface area contributed by atoms with Gasteiger partial charge in [0.15, 0.2) is 0 Å². The van der Waals surface area contributed by atoms with Crippen LogP contribution in [0.15, 0.2) is 36.5 Å². The molecule has 2 N–H and O–H groups in total. The molecule has 0 aliphatic carbocycles. The minimum absolute atomic E-state index is 0.0930. The zero-order chi connectivity index (χ0) is 14.1. The average molecular weight is 291 g/mol. The van der Waals surface area contributed by atoms with E-state index in [1.807, 2.05) is 30.3 Å². The van der Waals surface area contributed by atoms with E-state index >= 15 is 0 Å². The summed E-state index contributed by atoms with van der Waals surface area (Å²) in [5, 5.41) is 0.673. The molecule has 0 saturated carbocycles. The van der Waals surface area contributed by atoms with Crippen LogP contribution in [0.3, 0.4) is 0 Å². The monoisotopic (exact) mass is 290 g/mol. The summed E-state index contributed by atoms with van der Waals surface area (Å²) >= 11 is 5.99. The van der Waals surface area contributed by atoms with Gasteiger partial charge >= 0.3 is 0 Å². The molecule has 0 saturated heterocycles. The molecular weight excluding hydrogens is 276 g/mol. The number of nitrogens with zero attached hydrogens (tertiary/aromatic N) is 1. The molecule has 2 heterocycles. The van der Waals surface area contributed by atoms with Gasteiger partial charge in [0.2, 0.25) is 5.88 Å². The lowest BCUT2D eigenvalue weighted by Gasteiger charge is -2.30. The number of hydrogen-bond acceptors (Lipinski definition) is 4. The van der Waals surface area contributed by atoms with Crippen LogP contribution >= 0.6 is 11.6 Å². The Kier molecular flexibility index (Phi) is 3.51. The first kappa shape index (κ1) is 13.2. The van der Waals surface area contributed by atoms with Gasteiger partial charge in [0.25, 0.3) is 0 Å². The maximum atomic E-state index is 6.22. The van der Waals surface area contributed by atoms with Crippen molar-refractivity contribution in [3.05, 3.63) is 52.7 Å². The highest BCUT2D eigenvalue weighted by molar-refractivity contribution is 6.30. The Bertz CT molecular complexity index is 616. The minimum Gasteiger partial charge on any atom is -0.485 e. The van der Waals surface area contributed by atoms with E-state index in [0.29, 0.717) is 17.3 Å². The van der Waals surface area contributed by atoms with Crippen molar-refractivity contribution in [1.29, 1.82) is 0 Å². The van der Waals surface area contributed by atoms with Crippen molar-refractivity contribution >= 4 is 11.6 Å². The Labute approximate surface area is 122 Å². The highest BCUT2D eigenvalue weighted by Crippen LogP contribution is 2.40. The summed E-state index contributed by atoms with van der Waals surface area (Å²) < 4.78 is 11.1. The van der Waals surface area contributed by atoms with Crippen LogP contribution in [0.25, 0.3) is 0 Å². The third-order valence-electron chi connectivity index (χ3n) is 3.45. The SMILES string of the molecule is COc1ccc(C2C[C@@H](N)c3cc(Cl)ccc3O2)cn1. The summed E-state index contributed by atoms with van der Waals surface area (Å²) in [5.74, 6) is 1.37. The fourth-order valence-electron chi connectivity index (χ4n) is 2.38. The molecule has 1 aromatic carbocycles. The highest BCUT2D eigenvalue weighted by Gasteiger charge is 2.27. The molecule has 2 atom stereocenters. The molecule has 20 heavy (non-hydrogen) atoms. The van der Waals surface area contributed by atoms with Crippen molar-refractivity contribution in [1.82, 2.24) is 4.98 Å². The summed E-state index contributed by atoms with van der Waals surface area (Å²) in [6.07, 6.45) is 2.36. The second-order valence-electron chi connectivity index (χ2n) is 4.76. The third-order valence-corrected chi connectivity index (χ3v) is 3.68. The molecule has 0 fully saturated rings. The molecule has 0 amide bonds. The molecule has 104 valence electrons. The minimum atomic E-state index is -0.0999. The van der Waals surface area contributed by atoms with Gasteiger partial charge in [-0.15, -0.1) is 0 Å². The van der Waals surface area contributed by atoms with Crippen molar-refractivity contribution in [3.63, 3.8) is 0 Å². The maximum Gasteiger partial charge on any atom is 0.212 e. The van der Waals surface area contributed by atoms with Crippen molar-refractivity contribution in [2.45, 2.75) is 18.6 Å². The second-order valence-corrected chi connectivity index (χ2v) is 5.20. The number of benzene rings is 1.